The summed E-state index contributed by atoms with van der Waals surface area (Å²) in [6.45, 7) is 6.44. The first-order valence-electron chi connectivity index (χ1n) is 5.41. The van der Waals surface area contributed by atoms with Gasteiger partial charge in [0.2, 0.25) is 0 Å². The molecule has 1 rings (SSSR count). The Bertz CT molecular complexity index is 222. The molecule has 1 saturated heterocycles. The summed E-state index contributed by atoms with van der Waals surface area (Å²) in [4.78, 5) is 11.7. The molecule has 4 heteroatoms. The Balaban J connectivity index is 2.45. The molecular weight excluding hydrogens is 194 g/mol. The number of esters is 1. The zero-order chi connectivity index (χ0) is 11.5. The highest BCUT2D eigenvalue weighted by molar-refractivity contribution is 5.76. The van der Waals surface area contributed by atoms with E-state index in [9.17, 15) is 4.79 Å². The number of hydrogen-bond acceptors (Lipinski definition) is 4. The van der Waals surface area contributed by atoms with E-state index >= 15 is 0 Å². The zero-order valence-electron chi connectivity index (χ0n) is 10.0. The second-order valence-corrected chi connectivity index (χ2v) is 4.92. The number of piperidine rings is 1. The van der Waals surface area contributed by atoms with Gasteiger partial charge in [-0.1, -0.05) is 0 Å². The highest BCUT2D eigenvalue weighted by Crippen LogP contribution is 2.15. The zero-order valence-corrected chi connectivity index (χ0v) is 10.0. The smallest absolute Gasteiger partial charge is 0.323 e. The van der Waals surface area contributed by atoms with Gasteiger partial charge in [0, 0.05) is 7.11 Å². The van der Waals surface area contributed by atoms with E-state index in [0.717, 1.165) is 13.0 Å². The minimum atomic E-state index is -0.418. The molecule has 88 valence electrons. The van der Waals surface area contributed by atoms with Crippen molar-refractivity contribution in [2.75, 3.05) is 13.7 Å². The lowest BCUT2D eigenvalue weighted by atomic mass is 10.0. The molecule has 0 radical (unpaired) electrons. The molecule has 0 aromatic rings. The lowest BCUT2D eigenvalue weighted by Crippen LogP contribution is -2.48. The highest BCUT2D eigenvalue weighted by Gasteiger charge is 2.30. The van der Waals surface area contributed by atoms with E-state index in [1.807, 2.05) is 20.8 Å². The molecule has 2 unspecified atom stereocenters. The van der Waals surface area contributed by atoms with Crippen LogP contribution >= 0.6 is 0 Å². The molecule has 0 aliphatic carbocycles. The summed E-state index contributed by atoms with van der Waals surface area (Å²) >= 11 is 0. The number of methoxy groups -OCH3 is 1. The molecular formula is C11H21NO3. The molecule has 15 heavy (non-hydrogen) atoms. The van der Waals surface area contributed by atoms with Crippen molar-refractivity contribution >= 4 is 5.97 Å². The molecule has 0 aromatic heterocycles. The lowest BCUT2D eigenvalue weighted by Gasteiger charge is -2.30. The number of carbonyl (C=O) groups is 1. The fraction of sp³-hybridized carbons (Fsp3) is 0.909. The number of ether oxygens (including phenoxy) is 2. The van der Waals surface area contributed by atoms with Crippen molar-refractivity contribution in [3.05, 3.63) is 0 Å². The number of nitrogens with one attached hydrogen (secondary N) is 1. The molecule has 1 heterocycles. The van der Waals surface area contributed by atoms with Crippen LogP contribution in [-0.4, -0.2) is 37.4 Å². The van der Waals surface area contributed by atoms with Crippen LogP contribution in [0.15, 0.2) is 0 Å². The Kier molecular flexibility index (Phi) is 4.11. The van der Waals surface area contributed by atoms with Crippen molar-refractivity contribution in [1.29, 1.82) is 0 Å². The van der Waals surface area contributed by atoms with E-state index < -0.39 is 5.60 Å². The summed E-state index contributed by atoms with van der Waals surface area (Å²) in [5, 5.41) is 3.15. The van der Waals surface area contributed by atoms with Gasteiger partial charge in [-0.15, -0.1) is 0 Å². The van der Waals surface area contributed by atoms with Gasteiger partial charge in [0.1, 0.15) is 11.6 Å². The number of hydrogen-bond donors (Lipinski definition) is 1. The second kappa shape index (κ2) is 4.94. The normalized spacial score (nSPS) is 27.5. The highest BCUT2D eigenvalue weighted by atomic mass is 16.6. The average molecular weight is 215 g/mol. The van der Waals surface area contributed by atoms with E-state index in [4.69, 9.17) is 9.47 Å². The van der Waals surface area contributed by atoms with Crippen LogP contribution in [0.1, 0.15) is 33.6 Å². The molecule has 0 saturated carbocycles. The summed E-state index contributed by atoms with van der Waals surface area (Å²) < 4.78 is 10.6. The van der Waals surface area contributed by atoms with Gasteiger partial charge in [0.25, 0.3) is 0 Å². The van der Waals surface area contributed by atoms with Gasteiger partial charge in [0.15, 0.2) is 0 Å². The summed E-state index contributed by atoms with van der Waals surface area (Å²) in [6.07, 6.45) is 1.82. The van der Waals surface area contributed by atoms with E-state index in [-0.39, 0.29) is 18.1 Å². The first kappa shape index (κ1) is 12.5. The molecule has 4 nitrogen and oxygen atoms in total. The van der Waals surface area contributed by atoms with Crippen LogP contribution in [0, 0.1) is 0 Å². The van der Waals surface area contributed by atoms with E-state index in [1.165, 1.54) is 0 Å². The average Bonchev–Trinajstić information content (AvgIpc) is 2.15. The van der Waals surface area contributed by atoms with Gasteiger partial charge in [0.05, 0.1) is 6.10 Å². The molecule has 1 fully saturated rings. The first-order valence-corrected chi connectivity index (χ1v) is 5.41. The van der Waals surface area contributed by atoms with Crippen LogP contribution < -0.4 is 5.32 Å². The fourth-order valence-corrected chi connectivity index (χ4v) is 1.65. The SMILES string of the molecule is COC1CCNC(C(=O)OC(C)(C)C)C1. The van der Waals surface area contributed by atoms with Gasteiger partial charge in [-0.05, 0) is 40.2 Å². The summed E-state index contributed by atoms with van der Waals surface area (Å²) in [7, 11) is 1.68. The molecule has 0 spiro atoms. The van der Waals surface area contributed by atoms with Crippen molar-refractivity contribution in [2.45, 2.75) is 51.4 Å². The van der Waals surface area contributed by atoms with Gasteiger partial charge < -0.3 is 14.8 Å². The first-order chi connectivity index (χ1) is 6.92. The van der Waals surface area contributed by atoms with Crippen molar-refractivity contribution < 1.29 is 14.3 Å². The van der Waals surface area contributed by atoms with E-state index in [1.54, 1.807) is 7.11 Å². The van der Waals surface area contributed by atoms with Gasteiger partial charge in [-0.2, -0.15) is 0 Å². The van der Waals surface area contributed by atoms with Gasteiger partial charge in [-0.3, -0.25) is 4.79 Å². The maximum atomic E-state index is 11.7. The lowest BCUT2D eigenvalue weighted by molar-refractivity contribution is -0.159. The van der Waals surface area contributed by atoms with Crippen LogP contribution in [-0.2, 0) is 14.3 Å². The minimum absolute atomic E-state index is 0.170. The maximum absolute atomic E-state index is 11.7. The molecule has 0 aromatic carbocycles. The summed E-state index contributed by atoms with van der Waals surface area (Å²) in [5.41, 5.74) is -0.418. The van der Waals surface area contributed by atoms with E-state index in [2.05, 4.69) is 5.32 Å². The van der Waals surface area contributed by atoms with Crippen LogP contribution in [0.5, 0.6) is 0 Å². The van der Waals surface area contributed by atoms with Crippen molar-refractivity contribution in [2.24, 2.45) is 0 Å². The molecule has 1 aliphatic heterocycles. The van der Waals surface area contributed by atoms with Crippen LogP contribution in [0.25, 0.3) is 0 Å². The van der Waals surface area contributed by atoms with Crippen LogP contribution in [0.2, 0.25) is 0 Å². The standard InChI is InChI=1S/C11H21NO3/c1-11(2,3)15-10(13)9-7-8(14-4)5-6-12-9/h8-9,12H,5-7H2,1-4H3. The van der Waals surface area contributed by atoms with E-state index in [0.29, 0.717) is 6.42 Å². The molecule has 1 aliphatic rings. The third-order valence-electron chi connectivity index (χ3n) is 2.38. The van der Waals surface area contributed by atoms with Crippen LogP contribution in [0.3, 0.4) is 0 Å². The molecule has 1 N–H and O–H groups in total. The molecule has 0 bridgehead atoms. The third kappa shape index (κ3) is 4.18. The van der Waals surface area contributed by atoms with Crippen molar-refractivity contribution in [3.8, 4) is 0 Å². The Morgan fingerprint density at radius 1 is 1.40 bits per heavy atom. The number of rotatable bonds is 2. The van der Waals surface area contributed by atoms with Crippen LogP contribution in [0.4, 0.5) is 0 Å². The summed E-state index contributed by atoms with van der Waals surface area (Å²) in [6, 6.07) is -0.220. The summed E-state index contributed by atoms with van der Waals surface area (Å²) in [5.74, 6) is -0.177. The predicted molar refractivity (Wildman–Crippen MR) is 57.7 cm³/mol. The maximum Gasteiger partial charge on any atom is 0.323 e. The van der Waals surface area contributed by atoms with Gasteiger partial charge in [-0.25, -0.2) is 0 Å². The Morgan fingerprint density at radius 3 is 2.60 bits per heavy atom. The van der Waals surface area contributed by atoms with Crippen molar-refractivity contribution in [3.63, 3.8) is 0 Å². The fourth-order valence-electron chi connectivity index (χ4n) is 1.65. The minimum Gasteiger partial charge on any atom is -0.459 e. The molecule has 2 atom stereocenters. The van der Waals surface area contributed by atoms with Gasteiger partial charge >= 0.3 is 5.97 Å². The Labute approximate surface area is 91.3 Å². The Morgan fingerprint density at radius 2 is 2.07 bits per heavy atom. The monoisotopic (exact) mass is 215 g/mol. The quantitative estimate of drug-likeness (QED) is 0.701. The second-order valence-electron chi connectivity index (χ2n) is 4.92. The predicted octanol–water partition coefficient (Wildman–Crippen LogP) is 1.10. The molecule has 0 amide bonds. The third-order valence-corrected chi connectivity index (χ3v) is 2.38. The Hall–Kier alpha value is -0.610. The largest absolute Gasteiger partial charge is 0.459 e. The van der Waals surface area contributed by atoms with Crippen molar-refractivity contribution in [1.82, 2.24) is 5.32 Å². The number of carbonyl (C=O) groups excluding carboxylic acids is 1. The topological polar surface area (TPSA) is 47.6 Å².